The van der Waals surface area contributed by atoms with E-state index in [1.54, 1.807) is 19.1 Å². The molecule has 0 fully saturated rings. The highest BCUT2D eigenvalue weighted by atomic mass is 35.5. The highest BCUT2D eigenvalue weighted by molar-refractivity contribution is 6.32. The standard InChI is InChI=1S/C12H16ClNO3/c1-4-17-12(15)10(14)8-5-7(2)6-9(13)11(8)16-3/h5-6,10H,4,14H2,1-3H3. The molecule has 0 aliphatic heterocycles. The summed E-state index contributed by atoms with van der Waals surface area (Å²) in [5.74, 6) is -0.0784. The number of hydrogen-bond acceptors (Lipinski definition) is 4. The van der Waals surface area contributed by atoms with Crippen LogP contribution >= 0.6 is 11.6 Å². The number of hydrogen-bond donors (Lipinski definition) is 1. The molecule has 2 N–H and O–H groups in total. The van der Waals surface area contributed by atoms with E-state index in [4.69, 9.17) is 26.8 Å². The van der Waals surface area contributed by atoms with Crippen LogP contribution in [0.4, 0.5) is 0 Å². The van der Waals surface area contributed by atoms with Crippen LogP contribution in [0.25, 0.3) is 0 Å². The molecule has 5 heteroatoms. The minimum absolute atomic E-state index is 0.286. The Balaban J connectivity index is 3.15. The van der Waals surface area contributed by atoms with Crippen LogP contribution in [-0.4, -0.2) is 19.7 Å². The third-order valence-electron chi connectivity index (χ3n) is 2.30. The van der Waals surface area contributed by atoms with E-state index in [0.29, 0.717) is 16.3 Å². The van der Waals surface area contributed by atoms with E-state index in [-0.39, 0.29) is 6.61 Å². The Labute approximate surface area is 106 Å². The summed E-state index contributed by atoms with van der Waals surface area (Å²) in [7, 11) is 1.48. The molecule has 0 saturated carbocycles. The highest BCUT2D eigenvalue weighted by Crippen LogP contribution is 2.33. The average molecular weight is 258 g/mol. The van der Waals surface area contributed by atoms with Crippen LogP contribution in [-0.2, 0) is 9.53 Å². The third kappa shape index (κ3) is 3.11. The number of ether oxygens (including phenoxy) is 2. The predicted molar refractivity (Wildman–Crippen MR) is 66.3 cm³/mol. The number of nitrogens with two attached hydrogens (primary N) is 1. The number of carbonyl (C=O) groups is 1. The Hall–Kier alpha value is -1.26. The van der Waals surface area contributed by atoms with E-state index in [2.05, 4.69) is 0 Å². The monoisotopic (exact) mass is 257 g/mol. The van der Waals surface area contributed by atoms with Crippen LogP contribution < -0.4 is 10.5 Å². The molecule has 0 aliphatic carbocycles. The van der Waals surface area contributed by atoms with Crippen LogP contribution in [0, 0.1) is 6.92 Å². The summed E-state index contributed by atoms with van der Waals surface area (Å²) >= 11 is 6.03. The summed E-state index contributed by atoms with van der Waals surface area (Å²) in [6.45, 7) is 3.88. The summed E-state index contributed by atoms with van der Waals surface area (Å²) in [5, 5.41) is 0.433. The molecule has 1 aromatic rings. The lowest BCUT2D eigenvalue weighted by Crippen LogP contribution is -2.24. The third-order valence-corrected chi connectivity index (χ3v) is 2.58. The topological polar surface area (TPSA) is 61.5 Å². The van der Waals surface area contributed by atoms with Gasteiger partial charge in [-0.05, 0) is 25.5 Å². The molecule has 0 aliphatic rings. The van der Waals surface area contributed by atoms with Gasteiger partial charge in [-0.15, -0.1) is 0 Å². The molecule has 0 amide bonds. The number of methoxy groups -OCH3 is 1. The minimum Gasteiger partial charge on any atom is -0.495 e. The van der Waals surface area contributed by atoms with Crippen molar-refractivity contribution in [3.63, 3.8) is 0 Å². The molecule has 1 atom stereocenters. The number of aryl methyl sites for hydroxylation is 1. The molecule has 1 aromatic carbocycles. The molecule has 0 saturated heterocycles. The van der Waals surface area contributed by atoms with Crippen molar-refractivity contribution in [2.24, 2.45) is 5.73 Å². The molecule has 1 unspecified atom stereocenters. The molecule has 0 heterocycles. The quantitative estimate of drug-likeness (QED) is 0.840. The van der Waals surface area contributed by atoms with Gasteiger partial charge in [-0.1, -0.05) is 17.7 Å². The molecular weight excluding hydrogens is 242 g/mol. The first-order valence-electron chi connectivity index (χ1n) is 5.27. The molecule has 17 heavy (non-hydrogen) atoms. The Morgan fingerprint density at radius 3 is 2.71 bits per heavy atom. The van der Waals surface area contributed by atoms with Gasteiger partial charge in [0, 0.05) is 5.56 Å². The van der Waals surface area contributed by atoms with Crippen molar-refractivity contribution in [3.05, 3.63) is 28.3 Å². The highest BCUT2D eigenvalue weighted by Gasteiger charge is 2.22. The van der Waals surface area contributed by atoms with Gasteiger partial charge in [0.1, 0.15) is 11.8 Å². The first-order valence-corrected chi connectivity index (χ1v) is 5.65. The number of esters is 1. The van der Waals surface area contributed by atoms with Gasteiger partial charge >= 0.3 is 5.97 Å². The Bertz CT molecular complexity index is 420. The van der Waals surface area contributed by atoms with Gasteiger partial charge in [-0.2, -0.15) is 0 Å². The van der Waals surface area contributed by atoms with Crippen molar-refractivity contribution in [2.45, 2.75) is 19.9 Å². The van der Waals surface area contributed by atoms with Crippen molar-refractivity contribution in [3.8, 4) is 5.75 Å². The Morgan fingerprint density at radius 2 is 2.18 bits per heavy atom. The maximum atomic E-state index is 11.6. The second-order valence-corrected chi connectivity index (χ2v) is 4.01. The van der Waals surface area contributed by atoms with E-state index < -0.39 is 12.0 Å². The molecular formula is C12H16ClNO3. The van der Waals surface area contributed by atoms with Crippen molar-refractivity contribution in [1.82, 2.24) is 0 Å². The van der Waals surface area contributed by atoms with Gasteiger partial charge in [0.15, 0.2) is 0 Å². The summed E-state index contributed by atoms with van der Waals surface area (Å²) < 4.78 is 10.0. The normalized spacial score (nSPS) is 12.1. The molecule has 0 spiro atoms. The summed E-state index contributed by atoms with van der Waals surface area (Å²) in [4.78, 5) is 11.6. The SMILES string of the molecule is CCOC(=O)C(N)c1cc(C)cc(Cl)c1OC. The lowest BCUT2D eigenvalue weighted by molar-refractivity contribution is -0.144. The zero-order valence-electron chi connectivity index (χ0n) is 10.1. The number of rotatable bonds is 4. The molecule has 0 aromatic heterocycles. The van der Waals surface area contributed by atoms with Gasteiger partial charge in [0.25, 0.3) is 0 Å². The zero-order chi connectivity index (χ0) is 13.0. The van der Waals surface area contributed by atoms with Crippen LogP contribution in [0.2, 0.25) is 5.02 Å². The number of halogens is 1. The molecule has 0 radical (unpaired) electrons. The van der Waals surface area contributed by atoms with Crippen LogP contribution in [0.15, 0.2) is 12.1 Å². The number of benzene rings is 1. The van der Waals surface area contributed by atoms with Crippen LogP contribution in [0.5, 0.6) is 5.75 Å². The smallest absolute Gasteiger partial charge is 0.327 e. The Kier molecular flexibility index (Phi) is 4.78. The largest absolute Gasteiger partial charge is 0.495 e. The maximum Gasteiger partial charge on any atom is 0.327 e. The fourth-order valence-electron chi connectivity index (χ4n) is 1.56. The van der Waals surface area contributed by atoms with Crippen molar-refractivity contribution < 1.29 is 14.3 Å². The predicted octanol–water partition coefficient (Wildman–Crippen LogP) is 2.22. The fourth-order valence-corrected chi connectivity index (χ4v) is 1.92. The van der Waals surface area contributed by atoms with E-state index in [1.807, 2.05) is 6.92 Å². The second kappa shape index (κ2) is 5.89. The number of carbonyl (C=O) groups excluding carboxylic acids is 1. The molecule has 1 rings (SSSR count). The van der Waals surface area contributed by atoms with E-state index >= 15 is 0 Å². The molecule has 4 nitrogen and oxygen atoms in total. The summed E-state index contributed by atoms with van der Waals surface area (Å²) in [5.41, 5.74) is 7.27. The lowest BCUT2D eigenvalue weighted by Gasteiger charge is -2.16. The molecule has 94 valence electrons. The zero-order valence-corrected chi connectivity index (χ0v) is 10.9. The van der Waals surface area contributed by atoms with E-state index in [9.17, 15) is 4.79 Å². The van der Waals surface area contributed by atoms with Crippen LogP contribution in [0.3, 0.4) is 0 Å². The first kappa shape index (κ1) is 13.8. The average Bonchev–Trinajstić information content (AvgIpc) is 2.27. The van der Waals surface area contributed by atoms with E-state index in [0.717, 1.165) is 5.56 Å². The van der Waals surface area contributed by atoms with Crippen LogP contribution in [0.1, 0.15) is 24.1 Å². The van der Waals surface area contributed by atoms with Gasteiger partial charge < -0.3 is 15.2 Å². The minimum atomic E-state index is -0.887. The van der Waals surface area contributed by atoms with Crippen molar-refractivity contribution >= 4 is 17.6 Å². The van der Waals surface area contributed by atoms with E-state index in [1.165, 1.54) is 7.11 Å². The first-order chi connectivity index (χ1) is 8.01. The lowest BCUT2D eigenvalue weighted by atomic mass is 10.0. The summed E-state index contributed by atoms with van der Waals surface area (Å²) in [6.07, 6.45) is 0. The van der Waals surface area contributed by atoms with Gasteiger partial charge in [-0.3, -0.25) is 0 Å². The fraction of sp³-hybridized carbons (Fsp3) is 0.417. The Morgan fingerprint density at radius 1 is 1.53 bits per heavy atom. The van der Waals surface area contributed by atoms with Gasteiger partial charge in [0.05, 0.1) is 18.7 Å². The van der Waals surface area contributed by atoms with Gasteiger partial charge in [-0.25, -0.2) is 4.79 Å². The van der Waals surface area contributed by atoms with Crippen molar-refractivity contribution in [2.75, 3.05) is 13.7 Å². The second-order valence-electron chi connectivity index (χ2n) is 3.60. The van der Waals surface area contributed by atoms with Gasteiger partial charge in [0.2, 0.25) is 0 Å². The van der Waals surface area contributed by atoms with Crippen molar-refractivity contribution in [1.29, 1.82) is 0 Å². The molecule has 0 bridgehead atoms. The maximum absolute atomic E-state index is 11.6. The summed E-state index contributed by atoms with van der Waals surface area (Å²) in [6, 6.07) is 2.64.